The van der Waals surface area contributed by atoms with E-state index in [1.165, 1.54) is 20.2 Å². The summed E-state index contributed by atoms with van der Waals surface area (Å²) in [5, 5.41) is 12.0. The largest absolute Gasteiger partial charge is 0.508 e. The monoisotopic (exact) mass is 286 g/mol. The number of phenolic OH excluding ortho intramolecular Hbond substituents is 1. The average molecular weight is 286 g/mol. The van der Waals surface area contributed by atoms with Crippen LogP contribution in [0.15, 0.2) is 18.2 Å². The molecule has 0 radical (unpaired) electrons. The maximum absolute atomic E-state index is 11.8. The SMILES string of the molecule is Cc1c(O)cccc1C(=O)NCCS(=O)(=O)N(C)C. The third kappa shape index (κ3) is 3.93. The number of sulfonamides is 1. The molecule has 1 amide bonds. The number of amides is 1. The van der Waals surface area contributed by atoms with Crippen molar-refractivity contribution in [2.45, 2.75) is 6.92 Å². The van der Waals surface area contributed by atoms with Crippen LogP contribution in [0.1, 0.15) is 15.9 Å². The Morgan fingerprint density at radius 1 is 1.37 bits per heavy atom. The van der Waals surface area contributed by atoms with Gasteiger partial charge in [0.25, 0.3) is 5.91 Å². The van der Waals surface area contributed by atoms with Crippen molar-refractivity contribution in [3.05, 3.63) is 29.3 Å². The van der Waals surface area contributed by atoms with Gasteiger partial charge < -0.3 is 10.4 Å². The molecular formula is C12H18N2O4S. The van der Waals surface area contributed by atoms with E-state index in [9.17, 15) is 18.3 Å². The summed E-state index contributed by atoms with van der Waals surface area (Å²) in [6.45, 7) is 1.65. The molecule has 0 aliphatic heterocycles. The molecule has 2 N–H and O–H groups in total. The highest BCUT2D eigenvalue weighted by Gasteiger charge is 2.15. The van der Waals surface area contributed by atoms with Crippen LogP contribution in [0.25, 0.3) is 0 Å². The van der Waals surface area contributed by atoms with Crippen LogP contribution < -0.4 is 5.32 Å². The lowest BCUT2D eigenvalue weighted by Gasteiger charge is -2.12. The number of hydrogen-bond donors (Lipinski definition) is 2. The molecule has 0 atom stereocenters. The van der Waals surface area contributed by atoms with Crippen LogP contribution in [-0.2, 0) is 10.0 Å². The first-order valence-corrected chi connectivity index (χ1v) is 7.33. The number of benzene rings is 1. The van der Waals surface area contributed by atoms with E-state index in [2.05, 4.69) is 5.32 Å². The number of carbonyl (C=O) groups is 1. The average Bonchev–Trinajstić information content (AvgIpc) is 2.32. The predicted octanol–water partition coefficient (Wildman–Crippen LogP) is 0.322. The first-order valence-electron chi connectivity index (χ1n) is 5.72. The number of hydrogen-bond acceptors (Lipinski definition) is 4. The molecule has 0 aromatic heterocycles. The Hall–Kier alpha value is -1.60. The van der Waals surface area contributed by atoms with E-state index in [0.717, 1.165) is 4.31 Å². The van der Waals surface area contributed by atoms with Gasteiger partial charge in [-0.15, -0.1) is 0 Å². The van der Waals surface area contributed by atoms with Gasteiger partial charge in [0, 0.05) is 31.8 Å². The van der Waals surface area contributed by atoms with Crippen molar-refractivity contribution in [1.82, 2.24) is 9.62 Å². The minimum Gasteiger partial charge on any atom is -0.508 e. The van der Waals surface area contributed by atoms with Gasteiger partial charge >= 0.3 is 0 Å². The number of carbonyl (C=O) groups excluding carboxylic acids is 1. The van der Waals surface area contributed by atoms with Gasteiger partial charge in [-0.3, -0.25) is 4.79 Å². The van der Waals surface area contributed by atoms with Crippen molar-refractivity contribution in [3.63, 3.8) is 0 Å². The van der Waals surface area contributed by atoms with Crippen LogP contribution in [0, 0.1) is 6.92 Å². The van der Waals surface area contributed by atoms with Crippen molar-refractivity contribution in [2.24, 2.45) is 0 Å². The fourth-order valence-corrected chi connectivity index (χ4v) is 2.17. The molecule has 0 saturated heterocycles. The molecule has 0 aliphatic carbocycles. The highest BCUT2D eigenvalue weighted by atomic mass is 32.2. The first kappa shape index (κ1) is 15.5. The Labute approximate surface area is 113 Å². The molecule has 6 nitrogen and oxygen atoms in total. The van der Waals surface area contributed by atoms with E-state index in [1.807, 2.05) is 0 Å². The van der Waals surface area contributed by atoms with Gasteiger partial charge in [0.15, 0.2) is 0 Å². The highest BCUT2D eigenvalue weighted by molar-refractivity contribution is 7.89. The molecular weight excluding hydrogens is 268 g/mol. The van der Waals surface area contributed by atoms with Gasteiger partial charge in [-0.25, -0.2) is 12.7 Å². The second kappa shape index (κ2) is 6.03. The summed E-state index contributed by atoms with van der Waals surface area (Å²) in [6.07, 6.45) is 0. The molecule has 0 spiro atoms. The van der Waals surface area contributed by atoms with Gasteiger partial charge in [-0.1, -0.05) is 6.07 Å². The number of nitrogens with zero attached hydrogens (tertiary/aromatic N) is 1. The van der Waals surface area contributed by atoms with Crippen LogP contribution in [0.3, 0.4) is 0 Å². The summed E-state index contributed by atoms with van der Waals surface area (Å²) in [6, 6.07) is 4.63. The smallest absolute Gasteiger partial charge is 0.251 e. The zero-order valence-electron chi connectivity index (χ0n) is 11.2. The maximum Gasteiger partial charge on any atom is 0.251 e. The van der Waals surface area contributed by atoms with Crippen LogP contribution in [-0.4, -0.2) is 50.1 Å². The molecule has 0 bridgehead atoms. The summed E-state index contributed by atoms with van der Waals surface area (Å²) in [5.41, 5.74) is 0.803. The molecule has 0 aliphatic rings. The Bertz CT molecular complexity index is 567. The number of phenols is 1. The molecule has 0 unspecified atom stereocenters. The lowest BCUT2D eigenvalue weighted by atomic mass is 10.1. The number of aromatic hydroxyl groups is 1. The molecule has 1 aromatic rings. The third-order valence-corrected chi connectivity index (χ3v) is 4.58. The van der Waals surface area contributed by atoms with E-state index in [4.69, 9.17) is 0 Å². The number of rotatable bonds is 5. The summed E-state index contributed by atoms with van der Waals surface area (Å²) < 4.78 is 24.1. The summed E-state index contributed by atoms with van der Waals surface area (Å²) in [7, 11) is -0.443. The van der Waals surface area contributed by atoms with Crippen LogP contribution in [0.4, 0.5) is 0 Å². The minimum atomic E-state index is -3.33. The lowest BCUT2D eigenvalue weighted by molar-refractivity contribution is 0.0955. The second-order valence-electron chi connectivity index (χ2n) is 4.30. The number of nitrogens with one attached hydrogen (secondary N) is 1. The lowest BCUT2D eigenvalue weighted by Crippen LogP contribution is -2.34. The van der Waals surface area contributed by atoms with E-state index >= 15 is 0 Å². The fourth-order valence-electron chi connectivity index (χ4n) is 1.44. The van der Waals surface area contributed by atoms with Gasteiger partial charge in [0.05, 0.1) is 5.75 Å². The molecule has 1 rings (SSSR count). The molecule has 0 saturated carbocycles. The molecule has 19 heavy (non-hydrogen) atoms. The standard InChI is InChI=1S/C12H18N2O4S/c1-9-10(5-4-6-11(9)15)12(16)13-7-8-19(17,18)14(2)3/h4-6,15H,7-8H2,1-3H3,(H,13,16). The van der Waals surface area contributed by atoms with Crippen LogP contribution >= 0.6 is 0 Å². The normalized spacial score (nSPS) is 11.6. The molecule has 1 aromatic carbocycles. The second-order valence-corrected chi connectivity index (χ2v) is 6.61. The van der Waals surface area contributed by atoms with Crippen molar-refractivity contribution < 1.29 is 18.3 Å². The van der Waals surface area contributed by atoms with E-state index < -0.39 is 15.9 Å². The zero-order chi connectivity index (χ0) is 14.6. The van der Waals surface area contributed by atoms with Gasteiger partial charge in [0.2, 0.25) is 10.0 Å². The predicted molar refractivity (Wildman–Crippen MR) is 72.7 cm³/mol. The highest BCUT2D eigenvalue weighted by Crippen LogP contribution is 2.19. The Morgan fingerprint density at radius 2 is 2.00 bits per heavy atom. The quantitative estimate of drug-likeness (QED) is 0.816. The van der Waals surface area contributed by atoms with E-state index in [1.54, 1.807) is 19.1 Å². The summed E-state index contributed by atoms with van der Waals surface area (Å²) in [4.78, 5) is 11.8. The van der Waals surface area contributed by atoms with Crippen molar-refractivity contribution in [3.8, 4) is 5.75 Å². The van der Waals surface area contributed by atoms with Crippen molar-refractivity contribution >= 4 is 15.9 Å². The summed E-state index contributed by atoms with van der Waals surface area (Å²) in [5.74, 6) is -0.528. The van der Waals surface area contributed by atoms with E-state index in [0.29, 0.717) is 11.1 Å². The van der Waals surface area contributed by atoms with Gasteiger partial charge in [-0.05, 0) is 19.1 Å². The molecule has 0 fully saturated rings. The topological polar surface area (TPSA) is 86.7 Å². The van der Waals surface area contributed by atoms with Gasteiger partial charge in [-0.2, -0.15) is 0 Å². The molecule has 7 heteroatoms. The zero-order valence-corrected chi connectivity index (χ0v) is 12.0. The Kier molecular flexibility index (Phi) is 4.90. The summed E-state index contributed by atoms with van der Waals surface area (Å²) >= 11 is 0. The van der Waals surface area contributed by atoms with Crippen LogP contribution in [0.5, 0.6) is 5.75 Å². The van der Waals surface area contributed by atoms with Crippen molar-refractivity contribution in [1.29, 1.82) is 0 Å². The minimum absolute atomic E-state index is 0.0223. The molecule has 106 valence electrons. The Morgan fingerprint density at radius 3 is 2.58 bits per heavy atom. The Balaban J connectivity index is 2.65. The van der Waals surface area contributed by atoms with Gasteiger partial charge in [0.1, 0.15) is 5.75 Å². The third-order valence-electron chi connectivity index (χ3n) is 2.75. The maximum atomic E-state index is 11.8. The first-order chi connectivity index (χ1) is 8.75. The van der Waals surface area contributed by atoms with Crippen LogP contribution in [0.2, 0.25) is 0 Å². The molecule has 0 heterocycles. The van der Waals surface area contributed by atoms with Crippen molar-refractivity contribution in [2.75, 3.05) is 26.4 Å². The fraction of sp³-hybridized carbons (Fsp3) is 0.417. The van der Waals surface area contributed by atoms with E-state index in [-0.39, 0.29) is 18.0 Å².